The van der Waals surface area contributed by atoms with Gasteiger partial charge >= 0.3 is 0 Å². The fraction of sp³-hybridized carbons (Fsp3) is 0.900. The Labute approximate surface area is 136 Å². The van der Waals surface area contributed by atoms with Gasteiger partial charge in [0.25, 0.3) is 0 Å². The molecular formula is C20H34O2. The van der Waals surface area contributed by atoms with E-state index in [9.17, 15) is 5.11 Å². The smallest absolute Gasteiger partial charge is 0.106 e. The average molecular weight is 306 g/mol. The van der Waals surface area contributed by atoms with Crippen LogP contribution in [0, 0.1) is 22.7 Å². The van der Waals surface area contributed by atoms with E-state index >= 15 is 0 Å². The summed E-state index contributed by atoms with van der Waals surface area (Å²) in [5.74, 6) is 1.33. The Morgan fingerprint density at radius 3 is 2.45 bits per heavy atom. The van der Waals surface area contributed by atoms with Crippen molar-refractivity contribution in [2.75, 3.05) is 0 Å². The predicted octanol–water partition coefficient (Wildman–Crippen LogP) is 4.71. The molecule has 6 atom stereocenters. The van der Waals surface area contributed by atoms with Gasteiger partial charge in [0.1, 0.15) is 5.60 Å². The molecule has 1 heterocycles. The Kier molecular flexibility index (Phi) is 3.63. The van der Waals surface area contributed by atoms with Crippen LogP contribution in [0.25, 0.3) is 0 Å². The summed E-state index contributed by atoms with van der Waals surface area (Å²) in [7, 11) is 0. The van der Waals surface area contributed by atoms with Crippen molar-refractivity contribution in [3.63, 3.8) is 0 Å². The van der Waals surface area contributed by atoms with Crippen molar-refractivity contribution < 1.29 is 9.84 Å². The molecule has 2 nitrogen and oxygen atoms in total. The number of rotatable bonds is 2. The van der Waals surface area contributed by atoms with Gasteiger partial charge in [0.05, 0.1) is 11.7 Å². The van der Waals surface area contributed by atoms with Crippen LogP contribution in [0.15, 0.2) is 12.7 Å². The molecule has 3 rings (SSSR count). The molecule has 1 N–H and O–H groups in total. The first-order valence-corrected chi connectivity index (χ1v) is 9.09. The minimum absolute atomic E-state index is 0.0731. The van der Waals surface area contributed by atoms with Gasteiger partial charge in [-0.15, -0.1) is 6.58 Å². The Bertz CT molecular complexity index is 466. The van der Waals surface area contributed by atoms with Gasteiger partial charge in [0.2, 0.25) is 0 Å². The fourth-order valence-corrected chi connectivity index (χ4v) is 6.34. The first kappa shape index (κ1) is 16.5. The molecule has 0 radical (unpaired) electrons. The highest BCUT2D eigenvalue weighted by atomic mass is 16.5. The number of fused-ring (bicyclic) bond motifs is 3. The van der Waals surface area contributed by atoms with Gasteiger partial charge in [-0.3, -0.25) is 0 Å². The summed E-state index contributed by atoms with van der Waals surface area (Å²) in [4.78, 5) is 0. The van der Waals surface area contributed by atoms with Gasteiger partial charge in [0, 0.05) is 0 Å². The molecule has 0 aromatic heterocycles. The lowest BCUT2D eigenvalue weighted by Crippen LogP contribution is -2.55. The summed E-state index contributed by atoms with van der Waals surface area (Å²) >= 11 is 0. The first-order valence-electron chi connectivity index (χ1n) is 9.09. The van der Waals surface area contributed by atoms with Gasteiger partial charge in [-0.2, -0.15) is 0 Å². The van der Waals surface area contributed by atoms with Gasteiger partial charge in [-0.25, -0.2) is 0 Å². The standard InChI is InChI=1S/C20H34O2/c1-7-19(5,21)16-13-15-18(4)11-8-10-17(2,3)14(18)9-12-20(15,6)22-16/h7,14-16,21H,1,8-13H2,2-6H3/t14?,15?,16-,18+,19-,20-/m1/s1. The van der Waals surface area contributed by atoms with Gasteiger partial charge in [-0.1, -0.05) is 33.3 Å². The van der Waals surface area contributed by atoms with E-state index in [1.54, 1.807) is 6.08 Å². The zero-order valence-electron chi connectivity index (χ0n) is 15.1. The van der Waals surface area contributed by atoms with E-state index < -0.39 is 5.60 Å². The number of hydrogen-bond acceptors (Lipinski definition) is 2. The monoisotopic (exact) mass is 306 g/mol. The van der Waals surface area contributed by atoms with Crippen molar-refractivity contribution in [2.24, 2.45) is 22.7 Å². The van der Waals surface area contributed by atoms with Gasteiger partial charge in [-0.05, 0) is 68.6 Å². The number of aliphatic hydroxyl groups is 1. The second-order valence-electron chi connectivity index (χ2n) is 9.58. The zero-order chi connectivity index (χ0) is 16.4. The second kappa shape index (κ2) is 4.83. The molecule has 0 aromatic rings. The third-order valence-electron chi connectivity index (χ3n) is 7.66. The molecule has 1 saturated heterocycles. The summed E-state index contributed by atoms with van der Waals surface area (Å²) in [6.45, 7) is 15.4. The molecule has 22 heavy (non-hydrogen) atoms. The molecule has 126 valence electrons. The predicted molar refractivity (Wildman–Crippen MR) is 90.7 cm³/mol. The molecule has 2 heteroatoms. The summed E-state index contributed by atoms with van der Waals surface area (Å²) in [5, 5.41) is 10.6. The molecule has 3 fully saturated rings. The molecular weight excluding hydrogens is 272 g/mol. The van der Waals surface area contributed by atoms with Crippen LogP contribution >= 0.6 is 0 Å². The summed E-state index contributed by atoms with van der Waals surface area (Å²) in [6.07, 6.45) is 8.90. The maximum atomic E-state index is 10.6. The highest BCUT2D eigenvalue weighted by Gasteiger charge is 2.63. The lowest BCUT2D eigenvalue weighted by molar-refractivity contribution is -0.168. The van der Waals surface area contributed by atoms with E-state index in [0.29, 0.717) is 16.7 Å². The van der Waals surface area contributed by atoms with Crippen molar-refractivity contribution in [1.82, 2.24) is 0 Å². The number of hydrogen-bond donors (Lipinski definition) is 1. The Hall–Kier alpha value is -0.340. The fourth-order valence-electron chi connectivity index (χ4n) is 6.34. The minimum Gasteiger partial charge on any atom is -0.383 e. The molecule has 0 bridgehead atoms. The van der Waals surface area contributed by atoms with Gasteiger partial charge in [0.15, 0.2) is 0 Å². The van der Waals surface area contributed by atoms with Crippen LogP contribution in [0.1, 0.15) is 73.1 Å². The SMILES string of the molecule is C=C[C@@](C)(O)[C@H]1CC2[C@@]3(C)CCCC(C)(C)C3CC[C@@]2(C)O1. The quantitative estimate of drug-likeness (QED) is 0.748. The summed E-state index contributed by atoms with van der Waals surface area (Å²) in [6, 6.07) is 0. The summed E-state index contributed by atoms with van der Waals surface area (Å²) in [5.41, 5.74) is -0.207. The first-order chi connectivity index (χ1) is 10.1. The van der Waals surface area contributed by atoms with E-state index in [1.807, 2.05) is 6.92 Å². The summed E-state index contributed by atoms with van der Waals surface area (Å²) < 4.78 is 6.47. The highest BCUT2D eigenvalue weighted by Crippen LogP contribution is 2.66. The largest absolute Gasteiger partial charge is 0.383 e. The molecule has 2 unspecified atom stereocenters. The molecule has 2 aliphatic carbocycles. The lowest BCUT2D eigenvalue weighted by Gasteiger charge is -2.60. The van der Waals surface area contributed by atoms with E-state index in [1.165, 1.54) is 25.7 Å². The maximum Gasteiger partial charge on any atom is 0.106 e. The Morgan fingerprint density at radius 1 is 1.14 bits per heavy atom. The van der Waals surface area contributed by atoms with Crippen LogP contribution in [0.4, 0.5) is 0 Å². The van der Waals surface area contributed by atoms with Crippen LogP contribution in [0.5, 0.6) is 0 Å². The third kappa shape index (κ3) is 2.21. The van der Waals surface area contributed by atoms with Crippen LogP contribution in [-0.4, -0.2) is 22.4 Å². The molecule has 0 spiro atoms. The van der Waals surface area contributed by atoms with Crippen LogP contribution in [0.3, 0.4) is 0 Å². The second-order valence-corrected chi connectivity index (χ2v) is 9.58. The van der Waals surface area contributed by atoms with E-state index in [2.05, 4.69) is 34.3 Å². The van der Waals surface area contributed by atoms with Crippen molar-refractivity contribution in [3.8, 4) is 0 Å². The number of ether oxygens (including phenoxy) is 1. The normalized spacial score (nSPS) is 49.8. The van der Waals surface area contributed by atoms with Crippen molar-refractivity contribution >= 4 is 0 Å². The maximum absolute atomic E-state index is 10.6. The Balaban J connectivity index is 1.94. The molecule has 2 saturated carbocycles. The molecule has 3 aliphatic rings. The third-order valence-corrected chi connectivity index (χ3v) is 7.66. The molecule has 1 aliphatic heterocycles. The zero-order valence-corrected chi connectivity index (χ0v) is 15.1. The lowest BCUT2D eigenvalue weighted by atomic mass is 9.45. The average Bonchev–Trinajstić information content (AvgIpc) is 2.78. The van der Waals surface area contributed by atoms with Gasteiger partial charge < -0.3 is 9.84 Å². The van der Waals surface area contributed by atoms with Crippen molar-refractivity contribution in [2.45, 2.75) is 90.4 Å². The molecule has 0 aromatic carbocycles. The molecule has 0 amide bonds. The van der Waals surface area contributed by atoms with Crippen LogP contribution < -0.4 is 0 Å². The van der Waals surface area contributed by atoms with Crippen molar-refractivity contribution in [1.29, 1.82) is 0 Å². The topological polar surface area (TPSA) is 29.5 Å². The van der Waals surface area contributed by atoms with E-state index in [0.717, 1.165) is 18.8 Å². The van der Waals surface area contributed by atoms with Crippen molar-refractivity contribution in [3.05, 3.63) is 12.7 Å². The highest BCUT2D eigenvalue weighted by molar-refractivity contribution is 5.14. The van der Waals surface area contributed by atoms with Crippen LogP contribution in [-0.2, 0) is 4.74 Å². The van der Waals surface area contributed by atoms with Crippen LogP contribution in [0.2, 0.25) is 0 Å². The Morgan fingerprint density at radius 2 is 1.82 bits per heavy atom. The van der Waals surface area contributed by atoms with E-state index in [-0.39, 0.29) is 11.7 Å². The minimum atomic E-state index is -0.920. The van der Waals surface area contributed by atoms with E-state index in [4.69, 9.17) is 4.74 Å².